The largest absolute Gasteiger partial charge is 0.368 e. The molecule has 0 atom stereocenters. The number of aromatic nitrogens is 1. The molecule has 0 saturated heterocycles. The number of thioether (sulfide) groups is 1. The van der Waals surface area contributed by atoms with Crippen molar-refractivity contribution in [2.45, 2.75) is 18.7 Å². The summed E-state index contributed by atoms with van der Waals surface area (Å²) in [7, 11) is 0. The number of rotatable bonds is 2. The highest BCUT2D eigenvalue weighted by Crippen LogP contribution is 2.30. The molecule has 0 radical (unpaired) electrons. The number of nitrogens with zero attached hydrogens (tertiary/aromatic N) is 1. The fraction of sp³-hybridized carbons (Fsp3) is 0.250. The van der Waals surface area contributed by atoms with Crippen molar-refractivity contribution in [2.75, 3.05) is 12.0 Å². The van der Waals surface area contributed by atoms with E-state index in [4.69, 9.17) is 10.3 Å². The quantitative estimate of drug-likeness (QED) is 0.810. The van der Waals surface area contributed by atoms with E-state index in [-0.39, 0.29) is 0 Å². The lowest BCUT2D eigenvalue weighted by molar-refractivity contribution is 0.439. The van der Waals surface area contributed by atoms with E-state index in [1.165, 1.54) is 16.0 Å². The fourth-order valence-electron chi connectivity index (χ4n) is 1.63. The third kappa shape index (κ3) is 1.93. The summed E-state index contributed by atoms with van der Waals surface area (Å²) in [4.78, 5) is 1.22. The van der Waals surface area contributed by atoms with Gasteiger partial charge in [0.05, 0.1) is 0 Å². The molecule has 0 aliphatic heterocycles. The highest BCUT2D eigenvalue weighted by Gasteiger charge is 2.10. The van der Waals surface area contributed by atoms with Gasteiger partial charge in [0.2, 0.25) is 5.88 Å². The van der Waals surface area contributed by atoms with Crippen molar-refractivity contribution in [3.8, 4) is 11.3 Å². The van der Waals surface area contributed by atoms with Crippen LogP contribution in [-0.2, 0) is 0 Å². The molecular formula is C12H14N2OS. The van der Waals surface area contributed by atoms with Crippen LogP contribution in [0.4, 0.5) is 5.88 Å². The van der Waals surface area contributed by atoms with Crippen LogP contribution in [0.2, 0.25) is 0 Å². The average Bonchev–Trinajstić information content (AvgIpc) is 2.68. The maximum absolute atomic E-state index is 5.54. The number of nitrogen functional groups attached to an aromatic ring is 1. The molecule has 16 heavy (non-hydrogen) atoms. The smallest absolute Gasteiger partial charge is 0.222 e. The Hall–Kier alpha value is -1.42. The molecule has 0 unspecified atom stereocenters. The minimum atomic E-state index is 0.349. The van der Waals surface area contributed by atoms with Crippen molar-refractivity contribution in [1.82, 2.24) is 5.16 Å². The lowest BCUT2D eigenvalue weighted by Crippen LogP contribution is -1.89. The molecule has 84 valence electrons. The van der Waals surface area contributed by atoms with Gasteiger partial charge in [-0.05, 0) is 43.4 Å². The monoisotopic (exact) mass is 234 g/mol. The van der Waals surface area contributed by atoms with Crippen LogP contribution in [0.1, 0.15) is 11.1 Å². The Labute approximate surface area is 99.0 Å². The van der Waals surface area contributed by atoms with Crippen molar-refractivity contribution < 1.29 is 4.52 Å². The molecule has 0 fully saturated rings. The van der Waals surface area contributed by atoms with Crippen LogP contribution in [0.15, 0.2) is 27.6 Å². The lowest BCUT2D eigenvalue weighted by atomic mass is 10.0. The Bertz CT molecular complexity index is 520. The molecule has 0 amide bonds. The number of anilines is 1. The van der Waals surface area contributed by atoms with Crippen LogP contribution in [-0.4, -0.2) is 11.4 Å². The van der Waals surface area contributed by atoms with Gasteiger partial charge in [-0.2, -0.15) is 0 Å². The minimum Gasteiger partial charge on any atom is -0.368 e. The van der Waals surface area contributed by atoms with Crippen molar-refractivity contribution >= 4 is 17.6 Å². The second kappa shape index (κ2) is 4.22. The first kappa shape index (κ1) is 11.1. The molecule has 0 bridgehead atoms. The summed E-state index contributed by atoms with van der Waals surface area (Å²) in [5, 5.41) is 3.95. The van der Waals surface area contributed by atoms with Crippen LogP contribution >= 0.6 is 11.8 Å². The van der Waals surface area contributed by atoms with E-state index < -0.39 is 0 Å². The van der Waals surface area contributed by atoms with Crippen LogP contribution in [0.5, 0.6) is 0 Å². The summed E-state index contributed by atoms with van der Waals surface area (Å²) in [6.45, 7) is 4.18. The Morgan fingerprint density at radius 3 is 2.56 bits per heavy atom. The first-order valence-corrected chi connectivity index (χ1v) is 6.22. The molecule has 1 heterocycles. The van der Waals surface area contributed by atoms with Crippen molar-refractivity contribution in [1.29, 1.82) is 0 Å². The maximum Gasteiger partial charge on any atom is 0.222 e. The molecule has 1 aromatic carbocycles. The van der Waals surface area contributed by atoms with Gasteiger partial charge in [-0.15, -0.1) is 11.8 Å². The molecule has 1 aromatic heterocycles. The molecule has 0 aliphatic rings. The van der Waals surface area contributed by atoms with Gasteiger partial charge in [-0.3, -0.25) is 0 Å². The first-order chi connectivity index (χ1) is 7.61. The molecule has 0 aliphatic carbocycles. The summed E-state index contributed by atoms with van der Waals surface area (Å²) < 4.78 is 4.91. The van der Waals surface area contributed by atoms with Gasteiger partial charge >= 0.3 is 0 Å². The zero-order valence-electron chi connectivity index (χ0n) is 9.57. The second-order valence-corrected chi connectivity index (χ2v) is 4.61. The van der Waals surface area contributed by atoms with Crippen molar-refractivity contribution in [2.24, 2.45) is 0 Å². The number of benzene rings is 1. The minimum absolute atomic E-state index is 0.349. The van der Waals surface area contributed by atoms with E-state index in [1.54, 1.807) is 17.8 Å². The Morgan fingerprint density at radius 2 is 2.00 bits per heavy atom. The maximum atomic E-state index is 5.54. The predicted molar refractivity (Wildman–Crippen MR) is 67.6 cm³/mol. The Kier molecular flexibility index (Phi) is 2.92. The molecule has 3 nitrogen and oxygen atoms in total. The Balaban J connectivity index is 2.59. The number of nitrogens with two attached hydrogens (primary N) is 1. The van der Waals surface area contributed by atoms with Gasteiger partial charge in [-0.1, -0.05) is 5.16 Å². The zero-order valence-corrected chi connectivity index (χ0v) is 10.4. The van der Waals surface area contributed by atoms with E-state index in [0.29, 0.717) is 5.88 Å². The third-order valence-electron chi connectivity index (χ3n) is 2.68. The van der Waals surface area contributed by atoms with E-state index in [1.807, 2.05) is 0 Å². The normalized spacial score (nSPS) is 10.7. The summed E-state index contributed by atoms with van der Waals surface area (Å²) in [6.07, 6.45) is 2.06. The predicted octanol–water partition coefficient (Wildman–Crippen LogP) is 3.26. The topological polar surface area (TPSA) is 52.0 Å². The zero-order chi connectivity index (χ0) is 11.7. The van der Waals surface area contributed by atoms with Crippen molar-refractivity contribution in [3.05, 3.63) is 29.3 Å². The van der Waals surface area contributed by atoms with E-state index in [0.717, 1.165) is 11.3 Å². The fourth-order valence-corrected chi connectivity index (χ4v) is 2.16. The molecular weight excluding hydrogens is 220 g/mol. The molecule has 2 aromatic rings. The van der Waals surface area contributed by atoms with Crippen LogP contribution < -0.4 is 5.73 Å². The van der Waals surface area contributed by atoms with Gasteiger partial charge in [0.25, 0.3) is 0 Å². The summed E-state index contributed by atoms with van der Waals surface area (Å²) in [6, 6.07) is 6.04. The second-order valence-electron chi connectivity index (χ2n) is 3.73. The summed E-state index contributed by atoms with van der Waals surface area (Å²) in [5.74, 6) is 0.349. The number of hydrogen-bond donors (Lipinski definition) is 1. The van der Waals surface area contributed by atoms with Gasteiger partial charge in [0, 0.05) is 16.5 Å². The molecule has 0 saturated carbocycles. The third-order valence-corrected chi connectivity index (χ3v) is 3.39. The van der Waals surface area contributed by atoms with E-state index in [9.17, 15) is 0 Å². The van der Waals surface area contributed by atoms with Crippen LogP contribution in [0, 0.1) is 13.8 Å². The highest BCUT2D eigenvalue weighted by molar-refractivity contribution is 7.98. The Morgan fingerprint density at radius 1 is 1.25 bits per heavy atom. The highest BCUT2D eigenvalue weighted by atomic mass is 32.2. The van der Waals surface area contributed by atoms with Crippen molar-refractivity contribution in [3.63, 3.8) is 0 Å². The summed E-state index contributed by atoms with van der Waals surface area (Å²) >= 11 is 1.72. The standard InChI is InChI=1S/C12H14N2OS/c1-7-4-9(16-3)5-10(8(7)2)11-6-12(13)15-14-11/h4-6H,13H2,1-3H3. The number of aryl methyl sites for hydroxylation is 1. The van der Waals surface area contributed by atoms with Gasteiger partial charge in [-0.25, -0.2) is 0 Å². The SMILES string of the molecule is CSc1cc(C)c(C)c(-c2cc(N)on2)c1. The molecule has 2 N–H and O–H groups in total. The average molecular weight is 234 g/mol. The summed E-state index contributed by atoms with van der Waals surface area (Å²) in [5.41, 5.74) is 9.90. The van der Waals surface area contributed by atoms with Gasteiger partial charge < -0.3 is 10.3 Å². The number of hydrogen-bond acceptors (Lipinski definition) is 4. The van der Waals surface area contributed by atoms with E-state index >= 15 is 0 Å². The first-order valence-electron chi connectivity index (χ1n) is 4.99. The molecule has 4 heteroatoms. The van der Waals surface area contributed by atoms with Gasteiger partial charge in [0.1, 0.15) is 5.69 Å². The van der Waals surface area contributed by atoms with Crippen LogP contribution in [0.25, 0.3) is 11.3 Å². The lowest BCUT2D eigenvalue weighted by Gasteiger charge is -2.08. The van der Waals surface area contributed by atoms with Gasteiger partial charge in [0.15, 0.2) is 0 Å². The van der Waals surface area contributed by atoms with E-state index in [2.05, 4.69) is 37.4 Å². The van der Waals surface area contributed by atoms with Crippen LogP contribution in [0.3, 0.4) is 0 Å². The molecule has 2 rings (SSSR count). The molecule has 0 spiro atoms.